The average molecular weight is 322 g/mol. The molecule has 4 nitrogen and oxygen atoms in total. The second kappa shape index (κ2) is 5.79. The van der Waals surface area contributed by atoms with Crippen LogP contribution < -0.4 is 0 Å². The van der Waals surface area contributed by atoms with E-state index in [1.807, 2.05) is 0 Å². The van der Waals surface area contributed by atoms with Gasteiger partial charge in [-0.15, -0.1) is 10.2 Å². The molecule has 1 atom stereocenters. The van der Waals surface area contributed by atoms with Gasteiger partial charge in [-0.2, -0.15) is 25.8 Å². The summed E-state index contributed by atoms with van der Waals surface area (Å²) in [5, 5.41) is 7.00. The highest BCUT2D eigenvalue weighted by atomic mass is 32.1. The fourth-order valence-corrected chi connectivity index (χ4v) is 3.15. The van der Waals surface area contributed by atoms with E-state index < -0.39 is 12.0 Å². The first-order chi connectivity index (χ1) is 9.63. The lowest BCUT2D eigenvalue weighted by atomic mass is 9.81. The van der Waals surface area contributed by atoms with E-state index in [1.165, 1.54) is 4.57 Å². The average Bonchev–Trinajstić information content (AvgIpc) is 2.77. The summed E-state index contributed by atoms with van der Waals surface area (Å²) in [5.41, 5.74) is 0.115. The number of alkyl halides is 3. The van der Waals surface area contributed by atoms with Gasteiger partial charge in [-0.3, -0.25) is 4.90 Å². The molecule has 1 aliphatic rings. The highest BCUT2D eigenvalue weighted by Crippen LogP contribution is 2.31. The first kappa shape index (κ1) is 16.6. The van der Waals surface area contributed by atoms with E-state index in [4.69, 9.17) is 0 Å². The van der Waals surface area contributed by atoms with E-state index in [0.29, 0.717) is 24.8 Å². The van der Waals surface area contributed by atoms with Crippen molar-refractivity contribution < 1.29 is 13.2 Å². The van der Waals surface area contributed by atoms with Crippen molar-refractivity contribution in [1.29, 1.82) is 0 Å². The standard InChI is InChI=1S/C13H21F3N4S/c1-12(2,3)9(8-21)6-19-4-5-20-10(7-19)17-18-11(20)13(14,15)16/h9,21H,4-8H2,1-3H3. The van der Waals surface area contributed by atoms with Crippen molar-refractivity contribution in [3.8, 4) is 0 Å². The molecule has 1 aliphatic heterocycles. The second-order valence-electron chi connectivity index (χ2n) is 6.57. The summed E-state index contributed by atoms with van der Waals surface area (Å²) in [6.07, 6.45) is -4.44. The van der Waals surface area contributed by atoms with Crippen LogP contribution in [-0.2, 0) is 19.3 Å². The summed E-state index contributed by atoms with van der Waals surface area (Å²) >= 11 is 4.40. The zero-order chi connectivity index (χ0) is 15.8. The van der Waals surface area contributed by atoms with Crippen molar-refractivity contribution in [3.05, 3.63) is 11.6 Å². The number of rotatable bonds is 3. The van der Waals surface area contributed by atoms with E-state index in [1.54, 1.807) is 0 Å². The van der Waals surface area contributed by atoms with Gasteiger partial charge in [-0.25, -0.2) is 0 Å². The second-order valence-corrected chi connectivity index (χ2v) is 6.94. The van der Waals surface area contributed by atoms with Crippen molar-refractivity contribution in [2.45, 2.75) is 40.0 Å². The summed E-state index contributed by atoms with van der Waals surface area (Å²) in [7, 11) is 0. The Kier molecular flexibility index (Phi) is 4.58. The van der Waals surface area contributed by atoms with Crippen LogP contribution in [0, 0.1) is 11.3 Å². The largest absolute Gasteiger partial charge is 0.451 e. The van der Waals surface area contributed by atoms with Gasteiger partial charge in [0.25, 0.3) is 0 Å². The van der Waals surface area contributed by atoms with Gasteiger partial charge in [-0.05, 0) is 17.1 Å². The molecule has 1 aromatic rings. The van der Waals surface area contributed by atoms with Gasteiger partial charge in [-0.1, -0.05) is 20.8 Å². The van der Waals surface area contributed by atoms with Crippen molar-refractivity contribution in [3.63, 3.8) is 0 Å². The maximum Gasteiger partial charge on any atom is 0.451 e. The number of hydrogen-bond acceptors (Lipinski definition) is 4. The predicted molar refractivity (Wildman–Crippen MR) is 77.1 cm³/mol. The third-order valence-corrected chi connectivity index (χ3v) is 4.45. The molecule has 1 unspecified atom stereocenters. The molecule has 0 aromatic carbocycles. The Morgan fingerprint density at radius 3 is 2.38 bits per heavy atom. The molecular weight excluding hydrogens is 301 g/mol. The minimum absolute atomic E-state index is 0.115. The summed E-state index contributed by atoms with van der Waals surface area (Å²) in [6.45, 7) is 8.53. The molecule has 0 amide bonds. The SMILES string of the molecule is CC(C)(C)C(CS)CN1CCn2c(nnc2C(F)(F)F)C1. The molecule has 8 heteroatoms. The van der Waals surface area contributed by atoms with Crippen LogP contribution in [0.2, 0.25) is 0 Å². The molecule has 0 bridgehead atoms. The minimum Gasteiger partial charge on any atom is -0.305 e. The van der Waals surface area contributed by atoms with E-state index in [9.17, 15) is 13.2 Å². The van der Waals surface area contributed by atoms with Crippen LogP contribution >= 0.6 is 12.6 Å². The molecule has 2 rings (SSSR count). The van der Waals surface area contributed by atoms with E-state index in [0.717, 1.165) is 12.3 Å². The smallest absolute Gasteiger partial charge is 0.305 e. The topological polar surface area (TPSA) is 34.0 Å². The van der Waals surface area contributed by atoms with Gasteiger partial charge < -0.3 is 4.57 Å². The summed E-state index contributed by atoms with van der Waals surface area (Å²) in [6, 6.07) is 0. The van der Waals surface area contributed by atoms with Gasteiger partial charge in [0.05, 0.1) is 6.54 Å². The lowest BCUT2D eigenvalue weighted by Gasteiger charge is -2.36. The van der Waals surface area contributed by atoms with Crippen molar-refractivity contribution >= 4 is 12.6 Å². The Labute approximate surface area is 128 Å². The highest BCUT2D eigenvalue weighted by molar-refractivity contribution is 7.80. The molecule has 21 heavy (non-hydrogen) atoms. The maximum atomic E-state index is 12.8. The number of thiol groups is 1. The highest BCUT2D eigenvalue weighted by Gasteiger charge is 2.39. The first-order valence-electron chi connectivity index (χ1n) is 6.95. The van der Waals surface area contributed by atoms with Crippen LogP contribution in [0.4, 0.5) is 13.2 Å². The van der Waals surface area contributed by atoms with Crippen LogP contribution in [0.5, 0.6) is 0 Å². The van der Waals surface area contributed by atoms with Gasteiger partial charge in [0.1, 0.15) is 5.82 Å². The van der Waals surface area contributed by atoms with E-state index in [-0.39, 0.29) is 12.0 Å². The van der Waals surface area contributed by atoms with Gasteiger partial charge >= 0.3 is 6.18 Å². The minimum atomic E-state index is -4.44. The van der Waals surface area contributed by atoms with Crippen LogP contribution in [0.15, 0.2) is 0 Å². The third kappa shape index (κ3) is 3.71. The van der Waals surface area contributed by atoms with Crippen LogP contribution in [0.1, 0.15) is 32.4 Å². The molecule has 0 spiro atoms. The summed E-state index contributed by atoms with van der Waals surface area (Å²) < 4.78 is 39.5. The first-order valence-corrected chi connectivity index (χ1v) is 7.58. The number of halogens is 3. The Bertz CT molecular complexity index is 493. The fourth-order valence-electron chi connectivity index (χ4n) is 2.49. The van der Waals surface area contributed by atoms with Crippen molar-refractivity contribution in [2.75, 3.05) is 18.8 Å². The lowest BCUT2D eigenvalue weighted by molar-refractivity contribution is -0.148. The Morgan fingerprint density at radius 1 is 1.19 bits per heavy atom. The molecule has 1 aromatic heterocycles. The molecular formula is C13H21F3N4S. The quantitative estimate of drug-likeness (QED) is 0.869. The molecule has 0 aliphatic carbocycles. The molecule has 2 heterocycles. The molecule has 0 fully saturated rings. The summed E-state index contributed by atoms with van der Waals surface area (Å²) in [4.78, 5) is 2.14. The Hall–Kier alpha value is -0.760. The molecule has 0 radical (unpaired) electrons. The molecule has 0 saturated carbocycles. The van der Waals surface area contributed by atoms with Gasteiger partial charge in [0.15, 0.2) is 0 Å². The number of hydrogen-bond donors (Lipinski definition) is 1. The van der Waals surface area contributed by atoms with E-state index in [2.05, 4.69) is 48.5 Å². The van der Waals surface area contributed by atoms with Crippen LogP contribution in [0.25, 0.3) is 0 Å². The van der Waals surface area contributed by atoms with Gasteiger partial charge in [0.2, 0.25) is 5.82 Å². The van der Waals surface area contributed by atoms with E-state index >= 15 is 0 Å². The normalized spacial score (nSPS) is 18.6. The molecule has 0 saturated heterocycles. The third-order valence-electron chi connectivity index (χ3n) is 4.01. The van der Waals surface area contributed by atoms with Gasteiger partial charge in [0, 0.05) is 19.6 Å². The number of fused-ring (bicyclic) bond motifs is 1. The Morgan fingerprint density at radius 2 is 1.86 bits per heavy atom. The summed E-state index contributed by atoms with van der Waals surface area (Å²) in [5.74, 6) is 0.622. The lowest BCUT2D eigenvalue weighted by Crippen LogP contribution is -2.41. The number of aromatic nitrogens is 3. The van der Waals surface area contributed by atoms with Crippen molar-refractivity contribution in [1.82, 2.24) is 19.7 Å². The Balaban J connectivity index is 2.09. The predicted octanol–water partition coefficient (Wildman–Crippen LogP) is 2.70. The zero-order valence-corrected chi connectivity index (χ0v) is 13.4. The molecule has 0 N–H and O–H groups in total. The zero-order valence-electron chi connectivity index (χ0n) is 12.5. The maximum absolute atomic E-state index is 12.8. The van der Waals surface area contributed by atoms with Crippen LogP contribution in [0.3, 0.4) is 0 Å². The molecule has 120 valence electrons. The fraction of sp³-hybridized carbons (Fsp3) is 0.846. The number of nitrogens with zero attached hydrogens (tertiary/aromatic N) is 4. The van der Waals surface area contributed by atoms with Crippen LogP contribution in [-0.4, -0.2) is 38.5 Å². The van der Waals surface area contributed by atoms with Crippen molar-refractivity contribution in [2.24, 2.45) is 11.3 Å². The monoisotopic (exact) mass is 322 g/mol.